The summed E-state index contributed by atoms with van der Waals surface area (Å²) in [6.07, 6.45) is 3.16. The first-order valence-corrected chi connectivity index (χ1v) is 10.6. The highest BCUT2D eigenvalue weighted by atomic mass is 28.4. The Morgan fingerprint density at radius 2 is 1.64 bits per heavy atom. The molecule has 1 aliphatic heterocycles. The van der Waals surface area contributed by atoms with Crippen molar-refractivity contribution in [1.82, 2.24) is 0 Å². The van der Waals surface area contributed by atoms with E-state index in [0.29, 0.717) is 5.41 Å². The third kappa shape index (κ3) is 4.41. The van der Waals surface area contributed by atoms with Gasteiger partial charge >= 0.3 is 8.56 Å². The molecule has 1 fully saturated rings. The van der Waals surface area contributed by atoms with Crippen molar-refractivity contribution in [3.63, 3.8) is 0 Å². The zero-order valence-electron chi connectivity index (χ0n) is 14.3. The molecule has 2 rings (SSSR count). The van der Waals surface area contributed by atoms with E-state index in [-0.39, 0.29) is 0 Å². The molecule has 0 amide bonds. The molecule has 0 radical (unpaired) electrons. The molecule has 0 bridgehead atoms. The smallest absolute Gasteiger partial charge is 0.372 e. The lowest BCUT2D eigenvalue weighted by Gasteiger charge is -2.41. The Bertz CT molecular complexity index is 423. The highest BCUT2D eigenvalue weighted by molar-refractivity contribution is 6.81. The average Bonchev–Trinajstić information content (AvgIpc) is 2.53. The monoisotopic (exact) mass is 322 g/mol. The van der Waals surface area contributed by atoms with Crippen LogP contribution in [0.5, 0.6) is 0 Å². The first kappa shape index (κ1) is 17.7. The van der Waals surface area contributed by atoms with Crippen LogP contribution in [0, 0.1) is 5.41 Å². The van der Waals surface area contributed by atoms with Crippen LogP contribution in [0.1, 0.15) is 40.0 Å². The third-order valence-electron chi connectivity index (χ3n) is 4.25. The Morgan fingerprint density at radius 3 is 2.09 bits per heavy atom. The Hall–Kier alpha value is -0.683. The van der Waals surface area contributed by atoms with Crippen molar-refractivity contribution in [1.29, 1.82) is 0 Å². The molecule has 0 saturated carbocycles. The standard InChI is InChI=1S/C18H30O3Si/c1-4-12-20-22(21-13-5-2,17-9-7-6-8-10-17)14-11-18(3)15-19-16-18/h6-10H,4-5,11-16H2,1-3H3. The van der Waals surface area contributed by atoms with Crippen LogP contribution in [0.3, 0.4) is 0 Å². The quantitative estimate of drug-likeness (QED) is 0.616. The Balaban J connectivity index is 2.18. The topological polar surface area (TPSA) is 27.7 Å². The van der Waals surface area contributed by atoms with Crippen molar-refractivity contribution in [2.45, 2.75) is 46.1 Å². The molecule has 1 aromatic carbocycles. The maximum atomic E-state index is 6.41. The largest absolute Gasteiger partial charge is 0.391 e. The van der Waals surface area contributed by atoms with Crippen LogP contribution in [0.2, 0.25) is 6.04 Å². The Labute approximate surface area is 136 Å². The molecular formula is C18H30O3Si. The Kier molecular flexibility index (Phi) is 6.62. The fourth-order valence-corrected chi connectivity index (χ4v) is 6.48. The summed E-state index contributed by atoms with van der Waals surface area (Å²) in [6, 6.07) is 11.6. The third-order valence-corrected chi connectivity index (χ3v) is 7.71. The van der Waals surface area contributed by atoms with Crippen LogP contribution in [0.4, 0.5) is 0 Å². The van der Waals surface area contributed by atoms with Gasteiger partial charge in [0.15, 0.2) is 0 Å². The lowest BCUT2D eigenvalue weighted by molar-refractivity contribution is -0.104. The van der Waals surface area contributed by atoms with Gasteiger partial charge in [0.25, 0.3) is 0 Å². The van der Waals surface area contributed by atoms with Crippen molar-refractivity contribution in [2.24, 2.45) is 5.41 Å². The second kappa shape index (κ2) is 8.25. The number of hydrogen-bond acceptors (Lipinski definition) is 3. The van der Waals surface area contributed by atoms with E-state index in [1.54, 1.807) is 0 Å². The van der Waals surface area contributed by atoms with Crippen LogP contribution < -0.4 is 5.19 Å². The van der Waals surface area contributed by atoms with Gasteiger partial charge in [0.2, 0.25) is 0 Å². The minimum atomic E-state index is -2.36. The normalized spacial score (nSPS) is 17.2. The first-order chi connectivity index (χ1) is 10.6. The fourth-order valence-electron chi connectivity index (χ4n) is 2.78. The molecule has 4 heteroatoms. The molecule has 0 aliphatic carbocycles. The number of rotatable bonds is 10. The molecule has 124 valence electrons. The van der Waals surface area contributed by atoms with Gasteiger partial charge in [0.1, 0.15) is 0 Å². The maximum absolute atomic E-state index is 6.41. The predicted octanol–water partition coefficient (Wildman–Crippen LogP) is 3.62. The van der Waals surface area contributed by atoms with Gasteiger partial charge in [-0.25, -0.2) is 0 Å². The van der Waals surface area contributed by atoms with Crippen molar-refractivity contribution in [2.75, 3.05) is 26.4 Å². The molecule has 0 atom stereocenters. The van der Waals surface area contributed by atoms with E-state index in [1.165, 1.54) is 5.19 Å². The van der Waals surface area contributed by atoms with Gasteiger partial charge in [-0.2, -0.15) is 0 Å². The van der Waals surface area contributed by atoms with Gasteiger partial charge in [-0.3, -0.25) is 0 Å². The minimum absolute atomic E-state index is 0.304. The second-order valence-electron chi connectivity index (χ2n) is 6.62. The number of hydrogen-bond donors (Lipinski definition) is 0. The highest BCUT2D eigenvalue weighted by Crippen LogP contribution is 2.34. The summed E-state index contributed by atoms with van der Waals surface area (Å²) in [5.41, 5.74) is 0.304. The van der Waals surface area contributed by atoms with E-state index in [4.69, 9.17) is 13.6 Å². The fraction of sp³-hybridized carbons (Fsp3) is 0.667. The molecule has 0 aromatic heterocycles. The van der Waals surface area contributed by atoms with E-state index < -0.39 is 8.56 Å². The summed E-state index contributed by atoms with van der Waals surface area (Å²) in [5, 5.41) is 1.26. The first-order valence-electron chi connectivity index (χ1n) is 8.55. The number of benzene rings is 1. The molecule has 0 N–H and O–H groups in total. The van der Waals surface area contributed by atoms with Crippen molar-refractivity contribution in [3.8, 4) is 0 Å². The SMILES string of the molecule is CCCO[Si](CCC1(C)COC1)(OCCC)c1ccccc1. The van der Waals surface area contributed by atoms with Gasteiger partial charge < -0.3 is 13.6 Å². The summed E-state index contributed by atoms with van der Waals surface area (Å²) in [7, 11) is -2.36. The lowest BCUT2D eigenvalue weighted by Crippen LogP contribution is -2.55. The van der Waals surface area contributed by atoms with Crippen LogP contribution in [0.25, 0.3) is 0 Å². The van der Waals surface area contributed by atoms with E-state index in [9.17, 15) is 0 Å². The molecule has 3 nitrogen and oxygen atoms in total. The summed E-state index contributed by atoms with van der Waals surface area (Å²) < 4.78 is 18.2. The van der Waals surface area contributed by atoms with Gasteiger partial charge in [0.05, 0.1) is 13.2 Å². The summed E-state index contributed by atoms with van der Waals surface area (Å²) in [5.74, 6) is 0. The van der Waals surface area contributed by atoms with Gasteiger partial charge in [-0.05, 0) is 30.5 Å². The summed E-state index contributed by atoms with van der Waals surface area (Å²) >= 11 is 0. The van der Waals surface area contributed by atoms with Gasteiger partial charge in [-0.15, -0.1) is 0 Å². The predicted molar refractivity (Wildman–Crippen MR) is 92.7 cm³/mol. The number of ether oxygens (including phenoxy) is 1. The zero-order valence-corrected chi connectivity index (χ0v) is 15.3. The minimum Gasteiger partial charge on any atom is -0.391 e. The van der Waals surface area contributed by atoms with Crippen LogP contribution >= 0.6 is 0 Å². The van der Waals surface area contributed by atoms with Crippen molar-refractivity contribution in [3.05, 3.63) is 30.3 Å². The summed E-state index contributed by atoms with van der Waals surface area (Å²) in [6.45, 7) is 9.91. The molecule has 0 spiro atoms. The van der Waals surface area contributed by atoms with E-state index >= 15 is 0 Å². The molecule has 1 aliphatic rings. The lowest BCUT2D eigenvalue weighted by atomic mass is 9.86. The van der Waals surface area contributed by atoms with Crippen LogP contribution in [0.15, 0.2) is 30.3 Å². The average molecular weight is 323 g/mol. The molecule has 1 heterocycles. The van der Waals surface area contributed by atoms with E-state index in [2.05, 4.69) is 51.1 Å². The summed E-state index contributed by atoms with van der Waals surface area (Å²) in [4.78, 5) is 0. The van der Waals surface area contributed by atoms with Gasteiger partial charge in [-0.1, -0.05) is 51.1 Å². The van der Waals surface area contributed by atoms with Gasteiger partial charge in [0, 0.05) is 18.6 Å². The molecule has 0 unspecified atom stereocenters. The van der Waals surface area contributed by atoms with Crippen LogP contribution in [-0.4, -0.2) is 35.0 Å². The zero-order chi connectivity index (χ0) is 15.9. The van der Waals surface area contributed by atoms with E-state index in [0.717, 1.165) is 51.7 Å². The van der Waals surface area contributed by atoms with Crippen molar-refractivity contribution >= 4 is 13.7 Å². The maximum Gasteiger partial charge on any atom is 0.372 e. The molecule has 1 saturated heterocycles. The molecular weight excluding hydrogens is 292 g/mol. The molecule has 1 aromatic rings. The van der Waals surface area contributed by atoms with Crippen LogP contribution in [-0.2, 0) is 13.6 Å². The van der Waals surface area contributed by atoms with Crippen molar-refractivity contribution < 1.29 is 13.6 Å². The highest BCUT2D eigenvalue weighted by Gasteiger charge is 2.43. The van der Waals surface area contributed by atoms with E-state index in [1.807, 2.05) is 0 Å². The Morgan fingerprint density at radius 1 is 1.05 bits per heavy atom. The second-order valence-corrected chi connectivity index (χ2v) is 9.78. The molecule has 22 heavy (non-hydrogen) atoms.